The second kappa shape index (κ2) is 6.00. The van der Waals surface area contributed by atoms with Crippen molar-refractivity contribution in [2.24, 2.45) is 5.92 Å². The summed E-state index contributed by atoms with van der Waals surface area (Å²) in [5.41, 5.74) is 1.66. The molecule has 0 spiro atoms. The Morgan fingerprint density at radius 1 is 1.20 bits per heavy atom. The molecular weight excluding hydrogens is 322 g/mol. The minimum absolute atomic E-state index is 0.0325. The summed E-state index contributed by atoms with van der Waals surface area (Å²) in [5.74, 6) is 0.662. The summed E-state index contributed by atoms with van der Waals surface area (Å²) in [6.45, 7) is 2.68. The maximum atomic E-state index is 12.1. The van der Waals surface area contributed by atoms with Crippen molar-refractivity contribution >= 4 is 5.69 Å². The Balaban J connectivity index is 1.60. The molecule has 0 aliphatic carbocycles. The number of phenols is 1. The number of pyridine rings is 1. The van der Waals surface area contributed by atoms with Crippen molar-refractivity contribution in [2.45, 2.75) is 25.4 Å². The molecule has 2 atom stereocenters. The molecule has 0 amide bonds. The number of rotatable bonds is 3. The standard InChI is InChI=1S/C18H19N3O4/c22-15-4-5-17(21(24)25)14(7-15)11-19-8-12-6-13(10-19)16-2-1-3-18(23)20(16)9-12/h1-5,7,12-13,22H,6,8-11H2/t12-,13+/m1/s1. The van der Waals surface area contributed by atoms with E-state index in [1.807, 2.05) is 10.6 Å². The highest BCUT2D eigenvalue weighted by atomic mass is 16.6. The number of benzene rings is 1. The van der Waals surface area contributed by atoms with Crippen LogP contribution in [0.2, 0.25) is 0 Å². The zero-order chi connectivity index (χ0) is 17.6. The Hall–Kier alpha value is -2.67. The number of phenolic OH excluding ortho intramolecular Hbond substituents is 1. The number of nitro groups is 1. The molecular formula is C18H19N3O4. The molecule has 2 aliphatic heterocycles. The van der Waals surface area contributed by atoms with Crippen LogP contribution in [0, 0.1) is 16.0 Å². The number of aromatic hydroxyl groups is 1. The summed E-state index contributed by atoms with van der Waals surface area (Å²) in [6, 6.07) is 9.56. The third-order valence-electron chi connectivity index (χ3n) is 5.21. The van der Waals surface area contributed by atoms with E-state index in [2.05, 4.69) is 4.90 Å². The van der Waals surface area contributed by atoms with Crippen LogP contribution in [0.25, 0.3) is 0 Å². The van der Waals surface area contributed by atoms with Gasteiger partial charge in [0.05, 0.1) is 4.92 Å². The lowest BCUT2D eigenvalue weighted by Crippen LogP contribution is -2.46. The first kappa shape index (κ1) is 15.8. The number of nitro benzene ring substituents is 1. The number of aromatic nitrogens is 1. The normalized spacial score (nSPS) is 22.4. The maximum absolute atomic E-state index is 12.1. The average molecular weight is 341 g/mol. The van der Waals surface area contributed by atoms with Crippen LogP contribution < -0.4 is 5.56 Å². The molecule has 2 aliphatic rings. The van der Waals surface area contributed by atoms with Gasteiger partial charge in [-0.3, -0.25) is 19.8 Å². The van der Waals surface area contributed by atoms with Crippen LogP contribution in [-0.4, -0.2) is 32.6 Å². The summed E-state index contributed by atoms with van der Waals surface area (Å²) < 4.78 is 1.87. The van der Waals surface area contributed by atoms with Crippen LogP contribution in [0.3, 0.4) is 0 Å². The average Bonchev–Trinajstić information content (AvgIpc) is 2.55. The van der Waals surface area contributed by atoms with Crippen LogP contribution in [0.4, 0.5) is 5.69 Å². The van der Waals surface area contributed by atoms with Gasteiger partial charge in [0.2, 0.25) is 0 Å². The second-order valence-corrected chi connectivity index (χ2v) is 6.96. The highest BCUT2D eigenvalue weighted by Gasteiger charge is 2.35. The predicted molar refractivity (Wildman–Crippen MR) is 91.6 cm³/mol. The molecule has 130 valence electrons. The summed E-state index contributed by atoms with van der Waals surface area (Å²) in [4.78, 5) is 25.1. The number of piperidine rings is 1. The van der Waals surface area contributed by atoms with Gasteiger partial charge in [-0.2, -0.15) is 0 Å². The molecule has 1 aromatic carbocycles. The van der Waals surface area contributed by atoms with Crippen LogP contribution in [0.15, 0.2) is 41.2 Å². The number of likely N-dealkylation sites (tertiary alicyclic amines) is 1. The SMILES string of the molecule is O=c1cccc2n1C[C@@H]1C[C@H]2CN(Cc2cc(O)ccc2[N+](=O)[O-])C1. The van der Waals surface area contributed by atoms with Gasteiger partial charge in [0.25, 0.3) is 11.2 Å². The Morgan fingerprint density at radius 3 is 2.84 bits per heavy atom. The molecule has 25 heavy (non-hydrogen) atoms. The molecule has 1 saturated heterocycles. The molecule has 7 heteroatoms. The van der Waals surface area contributed by atoms with Crippen LogP contribution in [0.5, 0.6) is 5.75 Å². The molecule has 1 aromatic heterocycles. The van der Waals surface area contributed by atoms with Gasteiger partial charge in [0.15, 0.2) is 0 Å². The van der Waals surface area contributed by atoms with Crippen LogP contribution in [-0.2, 0) is 13.1 Å². The van der Waals surface area contributed by atoms with E-state index in [0.717, 1.165) is 25.2 Å². The fraction of sp³-hybridized carbons (Fsp3) is 0.389. The molecule has 2 aromatic rings. The molecule has 1 fully saturated rings. The Morgan fingerprint density at radius 2 is 2.04 bits per heavy atom. The highest BCUT2D eigenvalue weighted by molar-refractivity contribution is 5.44. The van der Waals surface area contributed by atoms with E-state index in [4.69, 9.17) is 0 Å². The van der Waals surface area contributed by atoms with E-state index in [1.54, 1.807) is 12.1 Å². The van der Waals surface area contributed by atoms with Gasteiger partial charge in [-0.1, -0.05) is 6.07 Å². The van der Waals surface area contributed by atoms with E-state index in [-0.39, 0.29) is 22.9 Å². The second-order valence-electron chi connectivity index (χ2n) is 6.96. The van der Waals surface area contributed by atoms with Crippen molar-refractivity contribution in [2.75, 3.05) is 13.1 Å². The summed E-state index contributed by atoms with van der Waals surface area (Å²) in [5, 5.41) is 20.9. The minimum atomic E-state index is -0.408. The third-order valence-corrected chi connectivity index (χ3v) is 5.21. The highest BCUT2D eigenvalue weighted by Crippen LogP contribution is 2.36. The van der Waals surface area contributed by atoms with Gasteiger partial charge in [-0.25, -0.2) is 0 Å². The van der Waals surface area contributed by atoms with E-state index < -0.39 is 4.92 Å². The number of hydrogen-bond acceptors (Lipinski definition) is 5. The fourth-order valence-corrected chi connectivity index (χ4v) is 4.24. The van der Waals surface area contributed by atoms with E-state index in [9.17, 15) is 20.0 Å². The smallest absolute Gasteiger partial charge is 0.274 e. The van der Waals surface area contributed by atoms with Gasteiger partial charge in [0.1, 0.15) is 5.75 Å². The predicted octanol–water partition coefficient (Wildman–Crippen LogP) is 2.08. The fourth-order valence-electron chi connectivity index (χ4n) is 4.24. The zero-order valence-electron chi connectivity index (χ0n) is 13.7. The van der Waals surface area contributed by atoms with Crippen molar-refractivity contribution in [3.8, 4) is 5.75 Å². The molecule has 7 nitrogen and oxygen atoms in total. The maximum Gasteiger partial charge on any atom is 0.274 e. The van der Waals surface area contributed by atoms with E-state index in [0.29, 0.717) is 24.6 Å². The third kappa shape index (κ3) is 2.91. The molecule has 4 rings (SSSR count). The number of hydrogen-bond donors (Lipinski definition) is 1. The van der Waals surface area contributed by atoms with Gasteiger partial charge in [-0.05, 0) is 30.5 Å². The first-order valence-corrected chi connectivity index (χ1v) is 8.39. The van der Waals surface area contributed by atoms with Crippen molar-refractivity contribution in [3.63, 3.8) is 0 Å². The lowest BCUT2D eigenvalue weighted by atomic mass is 9.83. The molecule has 3 heterocycles. The summed E-state index contributed by atoms with van der Waals surface area (Å²) in [7, 11) is 0. The summed E-state index contributed by atoms with van der Waals surface area (Å²) in [6.07, 6.45) is 1.04. The number of fused-ring (bicyclic) bond motifs is 4. The van der Waals surface area contributed by atoms with E-state index in [1.165, 1.54) is 18.2 Å². The number of nitrogens with zero attached hydrogens (tertiary/aromatic N) is 3. The van der Waals surface area contributed by atoms with Crippen LogP contribution >= 0.6 is 0 Å². The quantitative estimate of drug-likeness (QED) is 0.682. The van der Waals surface area contributed by atoms with Crippen molar-refractivity contribution in [3.05, 3.63) is 68.1 Å². The minimum Gasteiger partial charge on any atom is -0.508 e. The summed E-state index contributed by atoms with van der Waals surface area (Å²) >= 11 is 0. The van der Waals surface area contributed by atoms with Gasteiger partial charge < -0.3 is 9.67 Å². The lowest BCUT2D eigenvalue weighted by Gasteiger charge is -2.42. The zero-order valence-corrected chi connectivity index (χ0v) is 13.7. The first-order valence-electron chi connectivity index (χ1n) is 8.39. The van der Waals surface area contributed by atoms with Gasteiger partial charge in [0, 0.05) is 55.5 Å². The van der Waals surface area contributed by atoms with Gasteiger partial charge in [-0.15, -0.1) is 0 Å². The van der Waals surface area contributed by atoms with E-state index >= 15 is 0 Å². The molecule has 1 N–H and O–H groups in total. The monoisotopic (exact) mass is 341 g/mol. The molecule has 2 bridgehead atoms. The van der Waals surface area contributed by atoms with Gasteiger partial charge >= 0.3 is 0 Å². The first-order chi connectivity index (χ1) is 12.0. The molecule has 0 radical (unpaired) electrons. The Kier molecular flexibility index (Phi) is 3.80. The topological polar surface area (TPSA) is 88.6 Å². The van der Waals surface area contributed by atoms with Crippen molar-refractivity contribution < 1.29 is 10.0 Å². The Labute approximate surface area is 144 Å². The lowest BCUT2D eigenvalue weighted by molar-refractivity contribution is -0.385. The largest absolute Gasteiger partial charge is 0.508 e. The molecule has 0 unspecified atom stereocenters. The Bertz CT molecular complexity index is 892. The molecule has 0 saturated carbocycles. The van der Waals surface area contributed by atoms with Crippen molar-refractivity contribution in [1.82, 2.24) is 9.47 Å². The van der Waals surface area contributed by atoms with Crippen molar-refractivity contribution in [1.29, 1.82) is 0 Å². The van der Waals surface area contributed by atoms with Crippen LogP contribution in [0.1, 0.15) is 23.6 Å².